The highest BCUT2D eigenvalue weighted by Gasteiger charge is 2.39. The number of carbonyl (C=O) groups is 7. The first kappa shape index (κ1) is 47.8. The van der Waals surface area contributed by atoms with Crippen LogP contribution >= 0.6 is 34.8 Å². The summed E-state index contributed by atoms with van der Waals surface area (Å²) in [5.41, 5.74) is 1.08. The van der Waals surface area contributed by atoms with Gasteiger partial charge in [0.25, 0.3) is 11.8 Å². The van der Waals surface area contributed by atoms with Crippen molar-refractivity contribution in [2.45, 2.75) is 89.6 Å². The van der Waals surface area contributed by atoms with Gasteiger partial charge in [0.05, 0.1) is 37.7 Å². The number of ether oxygens (including phenoxy) is 2. The number of likely N-dealkylation sites (tertiary alicyclic amines) is 3. The molecule has 4 aromatic carbocycles. The summed E-state index contributed by atoms with van der Waals surface area (Å²) in [5, 5.41) is 8.85. The van der Waals surface area contributed by atoms with Crippen molar-refractivity contribution in [2.24, 2.45) is 0 Å². The third-order valence-electron chi connectivity index (χ3n) is 11.4. The van der Waals surface area contributed by atoms with Gasteiger partial charge in [-0.15, -0.1) is 0 Å². The van der Waals surface area contributed by atoms with Crippen LogP contribution in [-0.2, 0) is 30.5 Å². The standard InChI is InChI=1S/C48H49Cl3N6O9/c1-48(2,3)66-47(64)57-23-9-14-40(57)43(60)53-36-25-30(16-19-33(36)50)45(62)55-21-7-12-38(55)41(58)52-35-24-29(15-18-32(35)49)44(61)56-22-8-13-39(56)42(59)54-37-26-31(17-20-34(37)51)46(63)65-27-28-10-5-4-6-11-28/h4-6,10-11,15-20,24-26,38-40H,7-9,12-14,21-23,27H2,1-3H3,(H,52,58)(H,53,60)(H,54,59)/t38-,39-,40-/m0/s1. The summed E-state index contributed by atoms with van der Waals surface area (Å²) in [6.07, 6.45) is 2.22. The van der Waals surface area contributed by atoms with E-state index in [2.05, 4.69) is 16.0 Å². The number of benzene rings is 4. The lowest BCUT2D eigenvalue weighted by atomic mass is 10.1. The maximum atomic E-state index is 14.0. The number of amides is 6. The molecular formula is C48H49Cl3N6O9. The number of carbonyl (C=O) groups excluding carboxylic acids is 7. The first-order chi connectivity index (χ1) is 31.5. The van der Waals surface area contributed by atoms with E-state index in [1.807, 2.05) is 30.3 Å². The minimum Gasteiger partial charge on any atom is -0.457 e. The lowest BCUT2D eigenvalue weighted by molar-refractivity contribution is -0.120. The number of hydrogen-bond acceptors (Lipinski definition) is 9. The Morgan fingerprint density at radius 3 is 1.39 bits per heavy atom. The molecule has 3 fully saturated rings. The molecule has 3 atom stereocenters. The second-order valence-corrected chi connectivity index (χ2v) is 18.5. The molecule has 3 heterocycles. The van der Waals surface area contributed by atoms with Gasteiger partial charge in [-0.3, -0.25) is 28.9 Å². The number of hydrogen-bond donors (Lipinski definition) is 3. The molecule has 7 rings (SSSR count). The molecule has 0 bridgehead atoms. The fraction of sp³-hybridized carbons (Fsp3) is 0.354. The van der Waals surface area contributed by atoms with Crippen LogP contribution in [0.4, 0.5) is 21.9 Å². The van der Waals surface area contributed by atoms with Gasteiger partial charge in [0, 0.05) is 30.8 Å². The summed E-state index contributed by atoms with van der Waals surface area (Å²) in [7, 11) is 0. The smallest absolute Gasteiger partial charge is 0.410 e. The van der Waals surface area contributed by atoms with Crippen LogP contribution in [-0.4, -0.2) is 99.7 Å². The van der Waals surface area contributed by atoms with Gasteiger partial charge in [-0.25, -0.2) is 9.59 Å². The largest absolute Gasteiger partial charge is 0.457 e. The van der Waals surface area contributed by atoms with Crippen molar-refractivity contribution in [3.8, 4) is 0 Å². The predicted octanol–water partition coefficient (Wildman–Crippen LogP) is 8.83. The number of esters is 1. The zero-order valence-electron chi connectivity index (χ0n) is 36.5. The molecule has 66 heavy (non-hydrogen) atoms. The summed E-state index contributed by atoms with van der Waals surface area (Å²) >= 11 is 19.4. The van der Waals surface area contributed by atoms with E-state index >= 15 is 0 Å². The molecule has 0 saturated carbocycles. The Balaban J connectivity index is 0.984. The van der Waals surface area contributed by atoms with Crippen molar-refractivity contribution >= 4 is 93.5 Å². The van der Waals surface area contributed by atoms with Crippen LogP contribution in [0.5, 0.6) is 0 Å². The molecule has 3 aliphatic rings. The monoisotopic (exact) mass is 958 g/mol. The van der Waals surface area contributed by atoms with E-state index in [1.165, 1.54) is 69.3 Å². The van der Waals surface area contributed by atoms with Crippen LogP contribution < -0.4 is 16.0 Å². The van der Waals surface area contributed by atoms with Gasteiger partial charge >= 0.3 is 12.1 Å². The fourth-order valence-electron chi connectivity index (χ4n) is 8.19. The molecule has 346 valence electrons. The molecule has 3 N–H and O–H groups in total. The molecule has 15 nitrogen and oxygen atoms in total. The second kappa shape index (κ2) is 20.6. The molecule has 18 heteroatoms. The van der Waals surface area contributed by atoms with Crippen molar-refractivity contribution < 1.29 is 43.0 Å². The van der Waals surface area contributed by atoms with Gasteiger partial charge in [0.1, 0.15) is 30.3 Å². The molecule has 3 aliphatic heterocycles. The van der Waals surface area contributed by atoms with Crippen LogP contribution in [0.3, 0.4) is 0 Å². The van der Waals surface area contributed by atoms with Crippen LogP contribution in [0.25, 0.3) is 0 Å². The number of nitrogens with one attached hydrogen (secondary N) is 3. The Bertz CT molecular complexity index is 2550. The van der Waals surface area contributed by atoms with E-state index in [0.29, 0.717) is 45.1 Å². The molecule has 0 spiro atoms. The molecule has 0 radical (unpaired) electrons. The second-order valence-electron chi connectivity index (χ2n) is 17.3. The number of nitrogens with zero attached hydrogens (tertiary/aromatic N) is 3. The minimum absolute atomic E-state index is 0.0636. The quantitative estimate of drug-likeness (QED) is 0.124. The molecule has 3 saturated heterocycles. The molecular weight excluding hydrogens is 911 g/mol. The molecule has 4 aromatic rings. The van der Waals surface area contributed by atoms with Crippen LogP contribution in [0.2, 0.25) is 15.1 Å². The highest BCUT2D eigenvalue weighted by molar-refractivity contribution is 6.35. The highest BCUT2D eigenvalue weighted by atomic mass is 35.5. The molecule has 0 aromatic heterocycles. The van der Waals surface area contributed by atoms with E-state index in [-0.39, 0.29) is 68.5 Å². The van der Waals surface area contributed by atoms with Gasteiger partial charge < -0.3 is 35.2 Å². The predicted molar refractivity (Wildman–Crippen MR) is 250 cm³/mol. The molecule has 0 unspecified atom stereocenters. The van der Waals surface area contributed by atoms with Crippen molar-refractivity contribution in [3.05, 3.63) is 122 Å². The Kier molecular flexibility index (Phi) is 14.9. The van der Waals surface area contributed by atoms with Crippen LogP contribution in [0.15, 0.2) is 84.9 Å². The first-order valence-electron chi connectivity index (χ1n) is 21.6. The molecule has 0 aliphatic carbocycles. The molecule has 6 amide bonds. The average Bonchev–Trinajstić information content (AvgIpc) is 4.09. The topological polar surface area (TPSA) is 184 Å². The lowest BCUT2D eigenvalue weighted by Gasteiger charge is -2.28. The van der Waals surface area contributed by atoms with Gasteiger partial charge in [0.15, 0.2) is 0 Å². The van der Waals surface area contributed by atoms with E-state index in [0.717, 1.165) is 5.56 Å². The van der Waals surface area contributed by atoms with E-state index in [9.17, 15) is 33.6 Å². The van der Waals surface area contributed by atoms with Gasteiger partial charge in [-0.2, -0.15) is 0 Å². The minimum atomic E-state index is -0.898. The first-order valence-corrected chi connectivity index (χ1v) is 22.7. The summed E-state index contributed by atoms with van der Waals surface area (Å²) in [5.74, 6) is -3.05. The number of rotatable bonds is 11. The SMILES string of the molecule is CC(C)(C)OC(=O)N1CCC[C@H]1C(=O)Nc1cc(C(=O)N2CCC[C@H]2C(=O)Nc2cc(C(=O)N3CCC[C@H]3C(=O)Nc3cc(C(=O)OCc4ccccc4)ccc3Cl)ccc2Cl)ccc1Cl. The third-order valence-corrected chi connectivity index (χ3v) is 12.4. The lowest BCUT2D eigenvalue weighted by Crippen LogP contribution is -2.45. The Labute approximate surface area is 397 Å². The van der Waals surface area contributed by atoms with Gasteiger partial charge in [-0.1, -0.05) is 65.1 Å². The Morgan fingerprint density at radius 1 is 0.561 bits per heavy atom. The summed E-state index contributed by atoms with van der Waals surface area (Å²) < 4.78 is 10.9. The summed E-state index contributed by atoms with van der Waals surface area (Å²) in [6, 6.07) is 19.9. The van der Waals surface area contributed by atoms with Crippen LogP contribution in [0.1, 0.15) is 95.9 Å². The summed E-state index contributed by atoms with van der Waals surface area (Å²) in [4.78, 5) is 98.9. The zero-order chi connectivity index (χ0) is 47.3. The normalized spacial score (nSPS) is 18.2. The maximum Gasteiger partial charge on any atom is 0.410 e. The van der Waals surface area contributed by atoms with Crippen LogP contribution in [0, 0.1) is 0 Å². The Hall–Kier alpha value is -6.16. The number of anilines is 3. The van der Waals surface area contributed by atoms with Crippen molar-refractivity contribution in [1.82, 2.24) is 14.7 Å². The van der Waals surface area contributed by atoms with E-state index < -0.39 is 65.3 Å². The zero-order valence-corrected chi connectivity index (χ0v) is 38.8. The van der Waals surface area contributed by atoms with E-state index in [4.69, 9.17) is 44.3 Å². The third kappa shape index (κ3) is 11.3. The summed E-state index contributed by atoms with van der Waals surface area (Å²) in [6.45, 7) is 6.20. The van der Waals surface area contributed by atoms with Crippen molar-refractivity contribution in [3.63, 3.8) is 0 Å². The maximum absolute atomic E-state index is 14.0. The van der Waals surface area contributed by atoms with E-state index in [1.54, 1.807) is 20.8 Å². The van der Waals surface area contributed by atoms with Crippen molar-refractivity contribution in [2.75, 3.05) is 35.6 Å². The average molecular weight is 960 g/mol. The number of halogens is 3. The Morgan fingerprint density at radius 2 is 0.955 bits per heavy atom. The highest BCUT2D eigenvalue weighted by Crippen LogP contribution is 2.32. The van der Waals surface area contributed by atoms with Gasteiger partial charge in [-0.05, 0) is 119 Å². The van der Waals surface area contributed by atoms with Crippen molar-refractivity contribution in [1.29, 1.82) is 0 Å². The van der Waals surface area contributed by atoms with Gasteiger partial charge in [0.2, 0.25) is 17.7 Å². The fourth-order valence-corrected chi connectivity index (χ4v) is 8.68.